The Bertz CT molecular complexity index is 783. The second-order valence-corrected chi connectivity index (χ2v) is 6.34. The minimum absolute atomic E-state index is 0.0383. The first-order valence-corrected chi connectivity index (χ1v) is 8.82. The van der Waals surface area contributed by atoms with Gasteiger partial charge in [-0.25, -0.2) is 0 Å². The molecule has 6 heteroatoms. The monoisotopic (exact) mass is 354 g/mol. The van der Waals surface area contributed by atoms with E-state index in [0.29, 0.717) is 43.4 Å². The molecule has 0 N–H and O–H groups in total. The number of methoxy groups -OCH3 is 1. The van der Waals surface area contributed by atoms with Crippen LogP contribution in [0.3, 0.4) is 0 Å². The van der Waals surface area contributed by atoms with Gasteiger partial charge in [-0.3, -0.25) is 4.79 Å². The molecule has 0 unspecified atom stereocenters. The maximum absolute atomic E-state index is 12.8. The zero-order valence-corrected chi connectivity index (χ0v) is 14.8. The minimum atomic E-state index is 0.0383. The third-order valence-corrected chi connectivity index (χ3v) is 4.79. The van der Waals surface area contributed by atoms with Gasteiger partial charge in [0.05, 0.1) is 7.11 Å². The van der Waals surface area contributed by atoms with Gasteiger partial charge >= 0.3 is 0 Å². The molecule has 6 nitrogen and oxygen atoms in total. The molecule has 2 aliphatic rings. The highest BCUT2D eigenvalue weighted by Crippen LogP contribution is 2.31. The molecule has 0 aromatic heterocycles. The summed E-state index contributed by atoms with van der Waals surface area (Å²) in [6.07, 6.45) is 0. The van der Waals surface area contributed by atoms with Crippen LogP contribution in [0.15, 0.2) is 42.5 Å². The Balaban J connectivity index is 1.40. The number of fused-ring (bicyclic) bond motifs is 1. The molecule has 2 aromatic carbocycles. The molecule has 1 saturated heterocycles. The summed E-state index contributed by atoms with van der Waals surface area (Å²) < 4.78 is 16.3. The van der Waals surface area contributed by atoms with E-state index < -0.39 is 0 Å². The Morgan fingerprint density at radius 1 is 0.923 bits per heavy atom. The molecule has 4 rings (SSSR count). The molecule has 1 amide bonds. The number of ether oxygens (including phenoxy) is 3. The average molecular weight is 354 g/mol. The predicted octanol–water partition coefficient (Wildman–Crippen LogP) is 2.43. The van der Waals surface area contributed by atoms with Crippen LogP contribution in [0.4, 0.5) is 5.69 Å². The molecule has 26 heavy (non-hydrogen) atoms. The smallest absolute Gasteiger partial charge is 0.254 e. The molecule has 0 radical (unpaired) electrons. The van der Waals surface area contributed by atoms with Crippen molar-refractivity contribution in [3.63, 3.8) is 0 Å². The molecule has 0 spiro atoms. The number of amides is 1. The van der Waals surface area contributed by atoms with Crippen molar-refractivity contribution in [1.29, 1.82) is 0 Å². The molecule has 0 atom stereocenters. The van der Waals surface area contributed by atoms with Crippen molar-refractivity contribution < 1.29 is 19.0 Å². The molecule has 136 valence electrons. The van der Waals surface area contributed by atoms with E-state index in [4.69, 9.17) is 14.2 Å². The summed E-state index contributed by atoms with van der Waals surface area (Å²) in [5, 5.41) is 0. The second-order valence-electron chi connectivity index (χ2n) is 6.34. The van der Waals surface area contributed by atoms with E-state index >= 15 is 0 Å². The van der Waals surface area contributed by atoms with Gasteiger partial charge in [0.2, 0.25) is 0 Å². The molecule has 2 aromatic rings. The third-order valence-electron chi connectivity index (χ3n) is 4.79. The topological polar surface area (TPSA) is 51.2 Å². The molecular formula is C20H22N2O4. The zero-order chi connectivity index (χ0) is 17.9. The van der Waals surface area contributed by atoms with Gasteiger partial charge in [0, 0.05) is 37.4 Å². The normalized spacial score (nSPS) is 16.3. The van der Waals surface area contributed by atoms with Crippen LogP contribution in [0.5, 0.6) is 17.2 Å². The van der Waals surface area contributed by atoms with Gasteiger partial charge < -0.3 is 24.0 Å². The third kappa shape index (κ3) is 3.27. The number of benzene rings is 2. The van der Waals surface area contributed by atoms with E-state index in [-0.39, 0.29) is 5.91 Å². The van der Waals surface area contributed by atoms with E-state index in [9.17, 15) is 4.79 Å². The number of anilines is 1. The quantitative estimate of drug-likeness (QED) is 0.847. The number of carbonyl (C=O) groups is 1. The number of carbonyl (C=O) groups excluding carboxylic acids is 1. The fourth-order valence-electron chi connectivity index (χ4n) is 3.32. The highest BCUT2D eigenvalue weighted by atomic mass is 16.6. The van der Waals surface area contributed by atoms with Gasteiger partial charge in [-0.05, 0) is 42.5 Å². The van der Waals surface area contributed by atoms with Crippen molar-refractivity contribution in [2.24, 2.45) is 0 Å². The van der Waals surface area contributed by atoms with Crippen molar-refractivity contribution in [3.8, 4) is 17.2 Å². The Hall–Kier alpha value is -2.89. The fraction of sp³-hybridized carbons (Fsp3) is 0.350. The van der Waals surface area contributed by atoms with Crippen molar-refractivity contribution in [2.75, 3.05) is 51.4 Å². The SMILES string of the molecule is COc1ccc(N2CCN(C(=O)c3ccc4c(c3)OCCO4)CC2)cc1. The molecule has 0 bridgehead atoms. The van der Waals surface area contributed by atoms with Crippen molar-refractivity contribution in [3.05, 3.63) is 48.0 Å². The number of hydrogen-bond donors (Lipinski definition) is 0. The summed E-state index contributed by atoms with van der Waals surface area (Å²) in [4.78, 5) is 17.0. The first-order valence-electron chi connectivity index (χ1n) is 8.82. The van der Waals surface area contributed by atoms with E-state index in [1.807, 2.05) is 29.2 Å². The lowest BCUT2D eigenvalue weighted by molar-refractivity contribution is 0.0745. The van der Waals surface area contributed by atoms with Crippen LogP contribution in [0.1, 0.15) is 10.4 Å². The highest BCUT2D eigenvalue weighted by Gasteiger charge is 2.24. The number of rotatable bonds is 3. The lowest BCUT2D eigenvalue weighted by Gasteiger charge is -2.36. The van der Waals surface area contributed by atoms with Crippen molar-refractivity contribution in [1.82, 2.24) is 4.90 Å². The van der Waals surface area contributed by atoms with Crippen LogP contribution in [0.2, 0.25) is 0 Å². The number of nitrogens with zero attached hydrogens (tertiary/aromatic N) is 2. The molecule has 2 aliphatic heterocycles. The van der Waals surface area contributed by atoms with Gasteiger partial charge in [-0.15, -0.1) is 0 Å². The van der Waals surface area contributed by atoms with E-state index in [1.165, 1.54) is 0 Å². The van der Waals surface area contributed by atoms with Crippen molar-refractivity contribution in [2.45, 2.75) is 0 Å². The number of hydrogen-bond acceptors (Lipinski definition) is 5. The van der Waals surface area contributed by atoms with E-state index in [0.717, 1.165) is 24.5 Å². The molecule has 2 heterocycles. The largest absolute Gasteiger partial charge is 0.497 e. The molecule has 0 saturated carbocycles. The van der Waals surface area contributed by atoms with Crippen LogP contribution >= 0.6 is 0 Å². The lowest BCUT2D eigenvalue weighted by Crippen LogP contribution is -2.48. The summed E-state index contributed by atoms with van der Waals surface area (Å²) >= 11 is 0. The molecular weight excluding hydrogens is 332 g/mol. The number of piperazine rings is 1. The average Bonchev–Trinajstić information content (AvgIpc) is 2.73. The summed E-state index contributed by atoms with van der Waals surface area (Å²) in [7, 11) is 1.66. The minimum Gasteiger partial charge on any atom is -0.497 e. The van der Waals surface area contributed by atoms with Gasteiger partial charge in [-0.1, -0.05) is 0 Å². The maximum atomic E-state index is 12.8. The standard InChI is InChI=1S/C20H22N2O4/c1-24-17-5-3-16(4-6-17)21-8-10-22(11-9-21)20(23)15-2-7-18-19(14-15)26-13-12-25-18/h2-7,14H,8-13H2,1H3. The Morgan fingerprint density at radius 2 is 1.62 bits per heavy atom. The first kappa shape index (κ1) is 16.6. The van der Waals surface area contributed by atoms with Gasteiger partial charge in [0.15, 0.2) is 11.5 Å². The fourth-order valence-corrected chi connectivity index (χ4v) is 3.32. The van der Waals surface area contributed by atoms with E-state index in [1.54, 1.807) is 13.2 Å². The summed E-state index contributed by atoms with van der Waals surface area (Å²) in [5.74, 6) is 2.24. The maximum Gasteiger partial charge on any atom is 0.254 e. The van der Waals surface area contributed by atoms with Gasteiger partial charge in [0.25, 0.3) is 5.91 Å². The Morgan fingerprint density at radius 3 is 2.31 bits per heavy atom. The van der Waals surface area contributed by atoms with Gasteiger partial charge in [0.1, 0.15) is 19.0 Å². The molecule has 0 aliphatic carbocycles. The predicted molar refractivity (Wildman–Crippen MR) is 98.5 cm³/mol. The van der Waals surface area contributed by atoms with E-state index in [2.05, 4.69) is 17.0 Å². The van der Waals surface area contributed by atoms with Crippen LogP contribution in [-0.4, -0.2) is 57.3 Å². The zero-order valence-electron chi connectivity index (χ0n) is 14.8. The second kappa shape index (κ2) is 7.15. The van der Waals surface area contributed by atoms with Crippen LogP contribution in [-0.2, 0) is 0 Å². The van der Waals surface area contributed by atoms with Crippen molar-refractivity contribution >= 4 is 11.6 Å². The van der Waals surface area contributed by atoms with Crippen LogP contribution < -0.4 is 19.1 Å². The van der Waals surface area contributed by atoms with Gasteiger partial charge in [-0.2, -0.15) is 0 Å². The van der Waals surface area contributed by atoms with Crippen LogP contribution in [0, 0.1) is 0 Å². The Kier molecular flexibility index (Phi) is 4.56. The Labute approximate surface area is 152 Å². The lowest BCUT2D eigenvalue weighted by atomic mass is 10.1. The first-order chi connectivity index (χ1) is 12.7. The molecule has 1 fully saturated rings. The summed E-state index contributed by atoms with van der Waals surface area (Å²) in [5.41, 5.74) is 1.80. The summed E-state index contributed by atoms with van der Waals surface area (Å²) in [6, 6.07) is 13.4. The van der Waals surface area contributed by atoms with Crippen LogP contribution in [0.25, 0.3) is 0 Å². The summed E-state index contributed by atoms with van der Waals surface area (Å²) in [6.45, 7) is 4.07. The highest BCUT2D eigenvalue weighted by molar-refractivity contribution is 5.95.